The molecule has 0 amide bonds. The number of ether oxygens (including phenoxy) is 1. The normalized spacial score (nSPS) is 13.1. The van der Waals surface area contributed by atoms with Crippen LogP contribution in [0.25, 0.3) is 11.1 Å². The molecule has 1 aliphatic heterocycles. The lowest BCUT2D eigenvalue weighted by molar-refractivity contribution is -0.589. The quantitative estimate of drug-likeness (QED) is 0.579. The number of halogens is 4. The van der Waals surface area contributed by atoms with Crippen LogP contribution in [0.3, 0.4) is 0 Å². The fourth-order valence-electron chi connectivity index (χ4n) is 1.91. The van der Waals surface area contributed by atoms with Crippen LogP contribution in [0.5, 0.6) is 5.75 Å². The maximum atomic E-state index is 12.4. The van der Waals surface area contributed by atoms with Crippen molar-refractivity contribution in [3.05, 3.63) is 49.6 Å². The van der Waals surface area contributed by atoms with Gasteiger partial charge in [0.15, 0.2) is 0 Å². The SMILES string of the molecule is FC(F)(F)Oc1cccc2c1-c1ccccc1[I+]2. The average Bonchev–Trinajstić information content (AvgIpc) is 2.66. The van der Waals surface area contributed by atoms with Crippen molar-refractivity contribution in [2.24, 2.45) is 0 Å². The van der Waals surface area contributed by atoms with E-state index in [1.165, 1.54) is 6.07 Å². The van der Waals surface area contributed by atoms with Crippen molar-refractivity contribution in [3.8, 4) is 16.9 Å². The van der Waals surface area contributed by atoms with Crippen LogP contribution in [0.15, 0.2) is 42.5 Å². The summed E-state index contributed by atoms with van der Waals surface area (Å²) in [6.07, 6.45) is -4.65. The summed E-state index contributed by atoms with van der Waals surface area (Å²) in [5, 5.41) is 0. The van der Waals surface area contributed by atoms with E-state index in [9.17, 15) is 13.2 Å². The highest BCUT2D eigenvalue weighted by molar-refractivity contribution is 5.71. The molecule has 0 bridgehead atoms. The Kier molecular flexibility index (Phi) is 2.73. The van der Waals surface area contributed by atoms with Gasteiger partial charge in [-0.3, -0.25) is 0 Å². The van der Waals surface area contributed by atoms with Gasteiger partial charge in [0.05, 0.1) is 5.56 Å². The van der Waals surface area contributed by atoms with Crippen LogP contribution in [-0.4, -0.2) is 6.36 Å². The molecule has 18 heavy (non-hydrogen) atoms. The first-order valence-corrected chi connectivity index (χ1v) is 7.33. The van der Waals surface area contributed by atoms with Crippen LogP contribution >= 0.6 is 0 Å². The Morgan fingerprint density at radius 1 is 0.889 bits per heavy atom. The first kappa shape index (κ1) is 11.8. The second-order valence-electron chi connectivity index (χ2n) is 3.74. The van der Waals surface area contributed by atoms with Gasteiger partial charge in [-0.2, -0.15) is 0 Å². The first-order chi connectivity index (χ1) is 8.54. The lowest BCUT2D eigenvalue weighted by atomic mass is 10.1. The molecule has 0 saturated carbocycles. The molecular weight excluding hydrogens is 356 g/mol. The minimum absolute atomic E-state index is 0.0929. The van der Waals surface area contributed by atoms with Crippen LogP contribution in [0, 0.1) is 7.14 Å². The molecule has 0 N–H and O–H groups in total. The van der Waals surface area contributed by atoms with Crippen LogP contribution in [0.4, 0.5) is 13.2 Å². The van der Waals surface area contributed by atoms with E-state index in [2.05, 4.69) is 4.74 Å². The summed E-state index contributed by atoms with van der Waals surface area (Å²) in [5.74, 6) is -0.0929. The zero-order valence-corrected chi connectivity index (χ0v) is 11.1. The molecule has 0 aromatic heterocycles. The van der Waals surface area contributed by atoms with E-state index in [4.69, 9.17) is 0 Å². The summed E-state index contributed by atoms with van der Waals surface area (Å²) in [6.45, 7) is 0. The van der Waals surface area contributed by atoms with E-state index >= 15 is 0 Å². The predicted octanol–water partition coefficient (Wildman–Crippen LogP) is 0.694. The van der Waals surface area contributed by atoms with Crippen LogP contribution < -0.4 is 25.9 Å². The maximum absolute atomic E-state index is 12.4. The minimum atomic E-state index is -4.65. The summed E-state index contributed by atoms with van der Waals surface area (Å²) >= 11 is -0.404. The van der Waals surface area contributed by atoms with Gasteiger partial charge in [0.1, 0.15) is 5.75 Å². The summed E-state index contributed by atoms with van der Waals surface area (Å²) in [6, 6.07) is 12.4. The average molecular weight is 363 g/mol. The van der Waals surface area contributed by atoms with Gasteiger partial charge in [-0.1, -0.05) is 18.2 Å². The monoisotopic (exact) mass is 363 g/mol. The third-order valence-corrected chi connectivity index (χ3v) is 5.55. The number of alkyl halides is 3. The van der Waals surface area contributed by atoms with Crippen molar-refractivity contribution in [2.45, 2.75) is 6.36 Å². The molecule has 0 aliphatic carbocycles. The van der Waals surface area contributed by atoms with Crippen LogP contribution in [-0.2, 0) is 0 Å². The van der Waals surface area contributed by atoms with Crippen molar-refractivity contribution in [1.29, 1.82) is 0 Å². The molecule has 0 spiro atoms. The Bertz CT molecular complexity index is 607. The molecule has 1 heterocycles. The van der Waals surface area contributed by atoms with Gasteiger partial charge in [0, 0.05) is 5.56 Å². The molecule has 0 radical (unpaired) electrons. The molecule has 3 rings (SSSR count). The molecule has 0 saturated heterocycles. The number of fused-ring (bicyclic) bond motifs is 3. The summed E-state index contributed by atoms with van der Waals surface area (Å²) in [7, 11) is 0. The van der Waals surface area contributed by atoms with Crippen molar-refractivity contribution in [2.75, 3.05) is 0 Å². The number of hydrogen-bond acceptors (Lipinski definition) is 1. The summed E-state index contributed by atoms with van der Waals surface area (Å²) in [5.41, 5.74) is 1.48. The Morgan fingerprint density at radius 2 is 1.61 bits per heavy atom. The van der Waals surface area contributed by atoms with Gasteiger partial charge in [-0.15, -0.1) is 13.2 Å². The molecule has 1 nitrogen and oxygen atoms in total. The number of rotatable bonds is 1. The van der Waals surface area contributed by atoms with Crippen molar-refractivity contribution in [1.82, 2.24) is 0 Å². The fourth-order valence-corrected chi connectivity index (χ4v) is 4.88. The molecule has 0 atom stereocenters. The zero-order chi connectivity index (χ0) is 12.8. The van der Waals surface area contributed by atoms with Gasteiger partial charge in [0.2, 0.25) is 7.14 Å². The lowest BCUT2D eigenvalue weighted by Gasteiger charge is -2.10. The third-order valence-electron chi connectivity index (χ3n) is 2.55. The van der Waals surface area contributed by atoms with Gasteiger partial charge in [-0.05, 0) is 24.3 Å². The second-order valence-corrected chi connectivity index (χ2v) is 6.60. The lowest BCUT2D eigenvalue weighted by Crippen LogP contribution is -3.61. The summed E-state index contributed by atoms with van der Waals surface area (Å²) in [4.78, 5) is 0. The van der Waals surface area contributed by atoms with E-state index in [0.29, 0.717) is 5.56 Å². The molecule has 1 aliphatic rings. The largest absolute Gasteiger partial charge is 0.573 e. The number of hydrogen-bond donors (Lipinski definition) is 0. The van der Waals surface area contributed by atoms with Crippen LogP contribution in [0.2, 0.25) is 0 Å². The first-order valence-electron chi connectivity index (χ1n) is 5.17. The highest BCUT2D eigenvalue weighted by atomic mass is 127. The van der Waals surface area contributed by atoms with Crippen molar-refractivity contribution < 1.29 is 39.1 Å². The molecule has 2 aromatic rings. The third kappa shape index (κ3) is 2.07. The van der Waals surface area contributed by atoms with E-state index in [1.54, 1.807) is 6.07 Å². The van der Waals surface area contributed by atoms with Crippen molar-refractivity contribution in [3.63, 3.8) is 0 Å². The Labute approximate surface area is 112 Å². The topological polar surface area (TPSA) is 9.23 Å². The fraction of sp³-hybridized carbons (Fsp3) is 0.0769. The Hall–Kier alpha value is -1.24. The molecule has 0 unspecified atom stereocenters. The molecule has 5 heteroatoms. The van der Waals surface area contributed by atoms with Crippen LogP contribution in [0.1, 0.15) is 0 Å². The van der Waals surface area contributed by atoms with E-state index in [0.717, 1.165) is 12.7 Å². The Morgan fingerprint density at radius 3 is 2.39 bits per heavy atom. The number of benzene rings is 2. The van der Waals surface area contributed by atoms with E-state index in [-0.39, 0.29) is 5.75 Å². The van der Waals surface area contributed by atoms with Gasteiger partial charge >= 0.3 is 27.6 Å². The predicted molar refractivity (Wildman–Crippen MR) is 56.0 cm³/mol. The maximum Gasteiger partial charge on any atom is 0.573 e. The molecular formula is C13H7F3IO+. The van der Waals surface area contributed by atoms with E-state index in [1.807, 2.05) is 30.3 Å². The minimum Gasteiger partial charge on any atom is -0.405 e. The van der Waals surface area contributed by atoms with Crippen molar-refractivity contribution >= 4 is 0 Å². The van der Waals surface area contributed by atoms with E-state index < -0.39 is 27.6 Å². The smallest absolute Gasteiger partial charge is 0.405 e. The zero-order valence-electron chi connectivity index (χ0n) is 8.96. The van der Waals surface area contributed by atoms with Gasteiger partial charge in [-0.25, -0.2) is 0 Å². The highest BCUT2D eigenvalue weighted by Crippen LogP contribution is 2.35. The standard InChI is InChI=1S/C13H7F3IO/c14-13(15,16)18-11-7-3-6-10-12(11)8-4-1-2-5-9(8)17-10/h1-7H/q+1. The van der Waals surface area contributed by atoms with Gasteiger partial charge < -0.3 is 4.74 Å². The molecule has 2 aromatic carbocycles. The second kappa shape index (κ2) is 4.15. The molecule has 92 valence electrons. The summed E-state index contributed by atoms with van der Waals surface area (Å²) < 4.78 is 43.4. The highest BCUT2D eigenvalue weighted by Gasteiger charge is 2.39. The Balaban J connectivity index is 2.14. The molecule has 0 fully saturated rings. The van der Waals surface area contributed by atoms with Gasteiger partial charge in [0.25, 0.3) is 0 Å².